The number of halogens is 2. The number of aromatic nitrogens is 1. The Morgan fingerprint density at radius 1 is 1.22 bits per heavy atom. The number of piperidine rings is 1. The van der Waals surface area contributed by atoms with E-state index in [1.165, 1.54) is 4.90 Å². The number of fused-ring (bicyclic) bond motifs is 1. The largest absolute Gasteiger partial charge is 0.478 e. The van der Waals surface area contributed by atoms with Crippen LogP contribution < -0.4 is 0 Å². The lowest BCUT2D eigenvalue weighted by Gasteiger charge is -2.37. The van der Waals surface area contributed by atoms with Crippen molar-refractivity contribution in [3.8, 4) is 0 Å². The van der Waals surface area contributed by atoms with Crippen molar-refractivity contribution in [3.05, 3.63) is 35.5 Å². The maximum atomic E-state index is 13.3. The first kappa shape index (κ1) is 19.3. The molecule has 146 valence electrons. The molecule has 1 atom stereocenters. The van der Waals surface area contributed by atoms with Crippen molar-refractivity contribution in [1.29, 1.82) is 0 Å². The first-order valence-corrected chi connectivity index (χ1v) is 9.13. The fraction of sp³-hybridized carbons (Fsp3) is 0.500. The van der Waals surface area contributed by atoms with Crippen LogP contribution in [-0.4, -0.2) is 45.5 Å². The third-order valence-corrected chi connectivity index (χ3v) is 5.66. The average molecular weight is 378 g/mol. The monoisotopic (exact) mass is 378 g/mol. The van der Waals surface area contributed by atoms with Crippen molar-refractivity contribution in [3.63, 3.8) is 0 Å². The molecule has 27 heavy (non-hydrogen) atoms. The molecule has 1 aromatic heterocycles. The minimum atomic E-state index is -3.35. The lowest BCUT2D eigenvalue weighted by atomic mass is 9.89. The molecule has 7 heteroatoms. The Labute approximate surface area is 156 Å². The molecule has 1 aromatic carbocycles. The van der Waals surface area contributed by atoms with Crippen molar-refractivity contribution in [2.24, 2.45) is 5.92 Å². The van der Waals surface area contributed by atoms with Gasteiger partial charge in [0.1, 0.15) is 0 Å². The van der Waals surface area contributed by atoms with Crippen LogP contribution >= 0.6 is 0 Å². The molecule has 5 nitrogen and oxygen atoms in total. The number of amides is 1. The van der Waals surface area contributed by atoms with Crippen molar-refractivity contribution in [1.82, 2.24) is 9.47 Å². The van der Waals surface area contributed by atoms with Gasteiger partial charge in [-0.25, -0.2) is 4.79 Å². The zero-order valence-corrected chi connectivity index (χ0v) is 15.7. The molecule has 0 aliphatic carbocycles. The van der Waals surface area contributed by atoms with Gasteiger partial charge in [-0.2, -0.15) is 8.78 Å². The van der Waals surface area contributed by atoms with Crippen LogP contribution in [0.5, 0.6) is 0 Å². The molecule has 0 spiro atoms. The minimum absolute atomic E-state index is 0.00221. The van der Waals surface area contributed by atoms with Crippen molar-refractivity contribution in [2.75, 3.05) is 13.1 Å². The highest BCUT2D eigenvalue weighted by Gasteiger charge is 2.39. The van der Waals surface area contributed by atoms with Crippen LogP contribution in [0.4, 0.5) is 8.78 Å². The number of nitrogens with zero attached hydrogens (tertiary/aromatic N) is 2. The summed E-state index contributed by atoms with van der Waals surface area (Å²) in [5.74, 6) is -5.25. The Kier molecular flexibility index (Phi) is 4.97. The molecular formula is C20H24F2N2O3. The van der Waals surface area contributed by atoms with Crippen molar-refractivity contribution >= 4 is 22.8 Å². The van der Waals surface area contributed by atoms with Crippen LogP contribution in [0.15, 0.2) is 24.3 Å². The summed E-state index contributed by atoms with van der Waals surface area (Å²) >= 11 is 0. The molecule has 1 unspecified atom stereocenters. The van der Waals surface area contributed by atoms with Gasteiger partial charge in [-0.05, 0) is 38.7 Å². The van der Waals surface area contributed by atoms with E-state index in [-0.39, 0.29) is 12.0 Å². The van der Waals surface area contributed by atoms with E-state index in [1.807, 2.05) is 29.7 Å². The van der Waals surface area contributed by atoms with E-state index in [0.717, 1.165) is 5.52 Å². The first-order valence-electron chi connectivity index (χ1n) is 9.13. The van der Waals surface area contributed by atoms with E-state index >= 15 is 0 Å². The highest BCUT2D eigenvalue weighted by atomic mass is 19.3. The van der Waals surface area contributed by atoms with Crippen LogP contribution in [0.2, 0.25) is 0 Å². The predicted octanol–water partition coefficient (Wildman–Crippen LogP) is 4.10. The smallest absolute Gasteiger partial charge is 0.338 e. The number of carboxylic acids is 1. The second kappa shape index (κ2) is 6.94. The Hall–Kier alpha value is -2.44. The number of rotatable bonds is 4. The highest BCUT2D eigenvalue weighted by molar-refractivity contribution is 6.05. The lowest BCUT2D eigenvalue weighted by molar-refractivity contribution is -0.156. The normalized spacial score (nSPS) is 17.3. The molecule has 1 fully saturated rings. The molecule has 1 aliphatic heterocycles. The zero-order valence-electron chi connectivity index (χ0n) is 15.7. The number of benzene rings is 1. The Morgan fingerprint density at radius 3 is 2.37 bits per heavy atom. The maximum absolute atomic E-state index is 13.3. The number of carbonyl (C=O) groups excluding carboxylic acids is 1. The van der Waals surface area contributed by atoms with Gasteiger partial charge in [-0.1, -0.05) is 18.2 Å². The summed E-state index contributed by atoms with van der Waals surface area (Å²) in [4.78, 5) is 24.7. The number of alkyl halides is 2. The summed E-state index contributed by atoms with van der Waals surface area (Å²) in [6.45, 7) is 5.05. The quantitative estimate of drug-likeness (QED) is 0.871. The molecule has 1 N–H and O–H groups in total. The van der Waals surface area contributed by atoms with E-state index in [2.05, 4.69) is 0 Å². The standard InChI is InChI=1S/C20H24F2N2O3/c1-12(14-8-10-23(11-9-14)19(27)20(3,21)22)24-13(2)17(18(25)26)15-6-4-5-7-16(15)24/h4-7,12,14H,8-11H2,1-3H3,(H,25,26). The topological polar surface area (TPSA) is 62.5 Å². The maximum Gasteiger partial charge on any atom is 0.338 e. The van der Waals surface area contributed by atoms with Crippen molar-refractivity contribution < 1.29 is 23.5 Å². The molecule has 1 saturated heterocycles. The van der Waals surface area contributed by atoms with Gasteiger partial charge in [0.05, 0.1) is 5.56 Å². The fourth-order valence-electron chi connectivity index (χ4n) is 4.26. The average Bonchev–Trinajstić information content (AvgIpc) is 2.91. The third kappa shape index (κ3) is 3.42. The van der Waals surface area contributed by atoms with Crippen LogP contribution in [0.25, 0.3) is 10.9 Å². The van der Waals surface area contributed by atoms with Gasteiger partial charge in [-0.15, -0.1) is 0 Å². The Morgan fingerprint density at radius 2 is 1.81 bits per heavy atom. The number of para-hydroxylation sites is 1. The van der Waals surface area contributed by atoms with E-state index in [0.29, 0.717) is 49.5 Å². The summed E-state index contributed by atoms with van der Waals surface area (Å²) in [6.07, 6.45) is 1.22. The number of carbonyl (C=O) groups is 2. The lowest BCUT2D eigenvalue weighted by Crippen LogP contribution is -2.46. The number of aromatic carboxylic acids is 1. The van der Waals surface area contributed by atoms with Crippen LogP contribution in [0.1, 0.15) is 48.8 Å². The number of hydrogen-bond donors (Lipinski definition) is 1. The van der Waals surface area contributed by atoms with Gasteiger partial charge >= 0.3 is 11.9 Å². The van der Waals surface area contributed by atoms with E-state index in [1.54, 1.807) is 13.0 Å². The molecule has 3 rings (SSSR count). The Bertz CT molecular complexity index is 877. The van der Waals surface area contributed by atoms with Crippen LogP contribution in [0.3, 0.4) is 0 Å². The number of likely N-dealkylation sites (tertiary alicyclic amines) is 1. The highest BCUT2D eigenvalue weighted by Crippen LogP contribution is 2.36. The van der Waals surface area contributed by atoms with Crippen LogP contribution in [0, 0.1) is 12.8 Å². The second-order valence-electron chi connectivity index (χ2n) is 7.41. The minimum Gasteiger partial charge on any atom is -0.478 e. The molecule has 1 aliphatic rings. The summed E-state index contributed by atoms with van der Waals surface area (Å²) in [5.41, 5.74) is 1.85. The fourth-order valence-corrected chi connectivity index (χ4v) is 4.26. The summed E-state index contributed by atoms with van der Waals surface area (Å²) < 4.78 is 28.6. The van der Waals surface area contributed by atoms with Gasteiger partial charge in [0.15, 0.2) is 0 Å². The molecule has 0 bridgehead atoms. The van der Waals surface area contributed by atoms with Crippen LogP contribution in [-0.2, 0) is 4.79 Å². The first-order chi connectivity index (χ1) is 12.6. The third-order valence-electron chi connectivity index (χ3n) is 5.66. The number of carboxylic acid groups (broad SMARTS) is 1. The second-order valence-corrected chi connectivity index (χ2v) is 7.41. The summed E-state index contributed by atoms with van der Waals surface area (Å²) in [6, 6.07) is 7.41. The van der Waals surface area contributed by atoms with Gasteiger partial charge in [0.25, 0.3) is 5.91 Å². The zero-order chi connectivity index (χ0) is 19.9. The van der Waals surface area contributed by atoms with Gasteiger partial charge in [-0.3, -0.25) is 4.79 Å². The molecule has 1 amide bonds. The summed E-state index contributed by atoms with van der Waals surface area (Å²) in [7, 11) is 0. The van der Waals surface area contributed by atoms with E-state index in [4.69, 9.17) is 0 Å². The molecular weight excluding hydrogens is 354 g/mol. The van der Waals surface area contributed by atoms with E-state index in [9.17, 15) is 23.5 Å². The van der Waals surface area contributed by atoms with Crippen molar-refractivity contribution in [2.45, 2.75) is 45.6 Å². The van der Waals surface area contributed by atoms with Gasteiger partial charge < -0.3 is 14.6 Å². The SMILES string of the molecule is Cc1c(C(=O)O)c2ccccc2n1C(C)C1CCN(C(=O)C(C)(F)F)CC1. The molecule has 2 heterocycles. The van der Waals surface area contributed by atoms with Gasteiger partial charge in [0, 0.05) is 42.7 Å². The van der Waals surface area contributed by atoms with Gasteiger partial charge in [0.2, 0.25) is 0 Å². The van der Waals surface area contributed by atoms with E-state index < -0.39 is 17.8 Å². The molecule has 0 saturated carbocycles. The summed E-state index contributed by atoms with van der Waals surface area (Å²) in [5, 5.41) is 10.3. The molecule has 2 aromatic rings. The number of hydrogen-bond acceptors (Lipinski definition) is 2. The Balaban J connectivity index is 1.86. The molecule has 0 radical (unpaired) electrons. The predicted molar refractivity (Wildman–Crippen MR) is 98.3 cm³/mol.